The fraction of sp³-hybridized carbons (Fsp3) is 0.208. The van der Waals surface area contributed by atoms with Crippen LogP contribution in [0.15, 0.2) is 59.5 Å². The molecule has 0 unspecified atom stereocenters. The van der Waals surface area contributed by atoms with Crippen molar-refractivity contribution in [2.45, 2.75) is 25.2 Å². The largest absolute Gasteiger partial charge is 0.358 e. The Kier molecular flexibility index (Phi) is 7.96. The Bertz CT molecular complexity index is 1310. The van der Waals surface area contributed by atoms with E-state index < -0.39 is 22.5 Å². The number of hydrogen-bond acceptors (Lipinski definition) is 3. The molecule has 0 heterocycles. The summed E-state index contributed by atoms with van der Waals surface area (Å²) in [5.41, 5.74) is 2.86. The Morgan fingerprint density at radius 2 is 1.61 bits per heavy atom. The maximum atomic E-state index is 13.9. The molecule has 3 aromatic carbocycles. The molecular formula is C24H23Cl3N2O3S. The molecule has 0 saturated carbocycles. The zero-order chi connectivity index (χ0) is 24.3. The monoisotopic (exact) mass is 524 g/mol. The fourth-order valence-electron chi connectivity index (χ4n) is 3.45. The van der Waals surface area contributed by atoms with Crippen molar-refractivity contribution in [2.24, 2.45) is 0 Å². The Morgan fingerprint density at radius 1 is 0.909 bits per heavy atom. The van der Waals surface area contributed by atoms with Gasteiger partial charge < -0.3 is 5.32 Å². The zero-order valence-electron chi connectivity index (χ0n) is 18.3. The predicted octanol–water partition coefficient (Wildman–Crippen LogP) is 5.80. The molecule has 0 atom stereocenters. The summed E-state index contributed by atoms with van der Waals surface area (Å²) in [5, 5.41) is 3.96. The summed E-state index contributed by atoms with van der Waals surface area (Å²) >= 11 is 18.8. The van der Waals surface area contributed by atoms with E-state index in [0.29, 0.717) is 43.9 Å². The van der Waals surface area contributed by atoms with E-state index in [0.717, 1.165) is 9.87 Å². The Balaban J connectivity index is 2.21. The van der Waals surface area contributed by atoms with Gasteiger partial charge in [-0.15, -0.1) is 0 Å². The molecule has 33 heavy (non-hydrogen) atoms. The molecule has 1 amide bonds. The van der Waals surface area contributed by atoms with Gasteiger partial charge in [-0.1, -0.05) is 53.0 Å². The summed E-state index contributed by atoms with van der Waals surface area (Å²) in [7, 11) is -2.67. The maximum absolute atomic E-state index is 13.9. The van der Waals surface area contributed by atoms with Crippen molar-refractivity contribution in [2.75, 3.05) is 17.9 Å². The second kappa shape index (κ2) is 10.3. The molecule has 0 aliphatic rings. The molecular weight excluding hydrogens is 503 g/mol. The van der Waals surface area contributed by atoms with Crippen LogP contribution in [0, 0.1) is 13.8 Å². The second-order valence-electron chi connectivity index (χ2n) is 7.59. The number of amides is 1. The number of carbonyl (C=O) groups excluding carboxylic acids is 1. The number of aryl methyl sites for hydroxylation is 2. The van der Waals surface area contributed by atoms with Gasteiger partial charge in [0.1, 0.15) is 6.54 Å². The van der Waals surface area contributed by atoms with Crippen molar-refractivity contribution < 1.29 is 13.2 Å². The number of benzene rings is 3. The predicted molar refractivity (Wildman–Crippen MR) is 135 cm³/mol. The Labute approximate surface area is 209 Å². The lowest BCUT2D eigenvalue weighted by molar-refractivity contribution is -0.119. The van der Waals surface area contributed by atoms with E-state index in [1.165, 1.54) is 13.1 Å². The number of nitrogens with one attached hydrogen (secondary N) is 1. The van der Waals surface area contributed by atoms with Crippen LogP contribution in [0.25, 0.3) is 0 Å². The molecule has 0 spiro atoms. The molecule has 174 valence electrons. The fourth-order valence-corrected chi connectivity index (χ4v) is 5.81. The highest BCUT2D eigenvalue weighted by Gasteiger charge is 2.30. The molecule has 3 aromatic rings. The quantitative estimate of drug-likeness (QED) is 0.424. The highest BCUT2D eigenvalue weighted by atomic mass is 35.5. The smallest absolute Gasteiger partial charge is 0.265 e. The van der Waals surface area contributed by atoms with Gasteiger partial charge in [0.15, 0.2) is 0 Å². The maximum Gasteiger partial charge on any atom is 0.265 e. The first kappa shape index (κ1) is 25.4. The second-order valence-corrected chi connectivity index (χ2v) is 10.7. The molecule has 9 heteroatoms. The minimum Gasteiger partial charge on any atom is -0.358 e. The number of halogens is 3. The summed E-state index contributed by atoms with van der Waals surface area (Å²) in [6.45, 7) is 2.99. The first-order valence-electron chi connectivity index (χ1n) is 10.1. The topological polar surface area (TPSA) is 66.5 Å². The van der Waals surface area contributed by atoms with Gasteiger partial charge in [-0.3, -0.25) is 9.10 Å². The highest BCUT2D eigenvalue weighted by Crippen LogP contribution is 2.34. The van der Waals surface area contributed by atoms with Crippen LogP contribution < -0.4 is 9.62 Å². The van der Waals surface area contributed by atoms with E-state index in [1.807, 2.05) is 18.2 Å². The van der Waals surface area contributed by atoms with Crippen LogP contribution in [0.2, 0.25) is 15.1 Å². The summed E-state index contributed by atoms with van der Waals surface area (Å²) in [6, 6.07) is 15.3. The lowest BCUT2D eigenvalue weighted by Gasteiger charge is -2.27. The van der Waals surface area contributed by atoms with Crippen LogP contribution in [0.4, 0.5) is 5.69 Å². The Morgan fingerprint density at radius 3 is 2.27 bits per heavy atom. The first-order valence-corrected chi connectivity index (χ1v) is 12.6. The van der Waals surface area contributed by atoms with E-state index in [2.05, 4.69) is 5.32 Å². The van der Waals surface area contributed by atoms with Crippen molar-refractivity contribution >= 4 is 56.4 Å². The van der Waals surface area contributed by atoms with Gasteiger partial charge in [0.05, 0.1) is 10.6 Å². The van der Waals surface area contributed by atoms with Crippen LogP contribution in [0.3, 0.4) is 0 Å². The average molecular weight is 526 g/mol. The summed E-state index contributed by atoms with van der Waals surface area (Å²) in [5.74, 6) is -0.458. The van der Waals surface area contributed by atoms with Gasteiger partial charge in [-0.05, 0) is 72.5 Å². The van der Waals surface area contributed by atoms with Crippen LogP contribution in [-0.2, 0) is 21.2 Å². The van der Waals surface area contributed by atoms with E-state index in [1.54, 1.807) is 44.2 Å². The zero-order valence-corrected chi connectivity index (χ0v) is 21.4. The Hall–Kier alpha value is -2.25. The number of hydrogen-bond donors (Lipinski definition) is 1. The first-order chi connectivity index (χ1) is 15.5. The number of carbonyl (C=O) groups is 1. The number of sulfonamides is 1. The van der Waals surface area contributed by atoms with Crippen molar-refractivity contribution in [1.29, 1.82) is 0 Å². The summed E-state index contributed by atoms with van der Waals surface area (Å²) in [4.78, 5) is 12.5. The van der Waals surface area contributed by atoms with E-state index >= 15 is 0 Å². The van der Waals surface area contributed by atoms with Gasteiger partial charge >= 0.3 is 0 Å². The number of nitrogens with zero attached hydrogens (tertiary/aromatic N) is 1. The summed E-state index contributed by atoms with van der Waals surface area (Å²) in [6.07, 6.45) is 0.327. The molecule has 0 saturated heterocycles. The normalized spacial score (nSPS) is 11.3. The minimum atomic E-state index is -4.13. The molecule has 0 aliphatic heterocycles. The van der Waals surface area contributed by atoms with E-state index in [4.69, 9.17) is 34.8 Å². The number of likely N-dealkylation sites (N-methyl/N-ethyl adjacent to an activating group) is 1. The van der Waals surface area contributed by atoms with Crippen molar-refractivity contribution in [3.8, 4) is 0 Å². The highest BCUT2D eigenvalue weighted by molar-refractivity contribution is 7.93. The van der Waals surface area contributed by atoms with Crippen molar-refractivity contribution in [3.63, 3.8) is 0 Å². The van der Waals surface area contributed by atoms with Crippen LogP contribution >= 0.6 is 34.8 Å². The standard InChI is InChI=1S/C24H23Cl3N2O3S/c1-15-11-23(16(2)10-21(15)27)33(31,32)29(14-24(30)28-3)22-9-8-19(25)13-18(22)12-17-6-4-5-7-20(17)26/h4-11,13H,12,14H2,1-3H3,(H,28,30). The van der Waals surface area contributed by atoms with Crippen molar-refractivity contribution in [3.05, 3.63) is 91.9 Å². The van der Waals surface area contributed by atoms with Crippen molar-refractivity contribution in [1.82, 2.24) is 5.32 Å². The molecule has 0 fully saturated rings. The third-order valence-corrected chi connectivity index (χ3v) is 8.15. The van der Waals surface area contributed by atoms with Gasteiger partial charge in [-0.2, -0.15) is 0 Å². The molecule has 1 N–H and O–H groups in total. The minimum absolute atomic E-state index is 0.0759. The molecule has 3 rings (SSSR count). The third kappa shape index (κ3) is 5.64. The third-order valence-electron chi connectivity index (χ3n) is 5.24. The lowest BCUT2D eigenvalue weighted by Crippen LogP contribution is -2.40. The van der Waals surface area contributed by atoms with Crippen LogP contribution in [0.1, 0.15) is 22.3 Å². The molecule has 0 radical (unpaired) electrons. The molecule has 0 aromatic heterocycles. The van der Waals surface area contributed by atoms with Crippen LogP contribution in [-0.4, -0.2) is 27.9 Å². The molecule has 0 aliphatic carbocycles. The lowest BCUT2D eigenvalue weighted by atomic mass is 10.0. The summed E-state index contributed by atoms with van der Waals surface area (Å²) < 4.78 is 28.8. The van der Waals surface area contributed by atoms with Gasteiger partial charge in [0.2, 0.25) is 5.91 Å². The van der Waals surface area contributed by atoms with Gasteiger partial charge in [-0.25, -0.2) is 8.42 Å². The average Bonchev–Trinajstić information content (AvgIpc) is 2.76. The number of rotatable bonds is 7. The molecule has 0 bridgehead atoms. The number of anilines is 1. The van der Waals surface area contributed by atoms with Crippen LogP contribution in [0.5, 0.6) is 0 Å². The van der Waals surface area contributed by atoms with E-state index in [9.17, 15) is 13.2 Å². The molecule has 5 nitrogen and oxygen atoms in total. The van der Waals surface area contributed by atoms with Gasteiger partial charge in [0, 0.05) is 28.5 Å². The van der Waals surface area contributed by atoms with E-state index in [-0.39, 0.29) is 4.90 Å². The van der Waals surface area contributed by atoms with Gasteiger partial charge in [0.25, 0.3) is 10.0 Å². The SMILES string of the molecule is CNC(=O)CN(c1ccc(Cl)cc1Cc1ccccc1Cl)S(=O)(=O)c1cc(C)c(Cl)cc1C.